The lowest BCUT2D eigenvalue weighted by atomic mass is 10.1. The number of ether oxygens (including phenoxy) is 2. The Morgan fingerprint density at radius 1 is 0.938 bits per heavy atom. The Balaban J connectivity index is 1.61. The summed E-state index contributed by atoms with van der Waals surface area (Å²) in [5, 5.41) is 5.47. The van der Waals surface area contributed by atoms with Crippen LogP contribution in [0.5, 0.6) is 0 Å². The molecule has 0 heterocycles. The van der Waals surface area contributed by atoms with E-state index in [0.29, 0.717) is 25.8 Å². The van der Waals surface area contributed by atoms with Crippen molar-refractivity contribution in [1.29, 1.82) is 0 Å². The average molecular weight is 552 g/mol. The molecular formula is C24H29IN2O5. The first-order chi connectivity index (χ1) is 15.5. The van der Waals surface area contributed by atoms with E-state index < -0.39 is 18.1 Å². The van der Waals surface area contributed by atoms with Gasteiger partial charge in [-0.2, -0.15) is 0 Å². The molecule has 0 aliphatic carbocycles. The molecule has 0 aromatic heterocycles. The van der Waals surface area contributed by atoms with Crippen molar-refractivity contribution in [3.8, 4) is 0 Å². The van der Waals surface area contributed by atoms with Gasteiger partial charge in [0.25, 0.3) is 0 Å². The highest BCUT2D eigenvalue weighted by atomic mass is 127. The summed E-state index contributed by atoms with van der Waals surface area (Å²) in [6.45, 7) is 0.712. The maximum absolute atomic E-state index is 12.3. The van der Waals surface area contributed by atoms with Crippen LogP contribution in [0.4, 0.5) is 4.79 Å². The molecule has 7 nitrogen and oxygen atoms in total. The summed E-state index contributed by atoms with van der Waals surface area (Å²) in [4.78, 5) is 36.0. The molecule has 0 radical (unpaired) electrons. The Labute approximate surface area is 202 Å². The van der Waals surface area contributed by atoms with E-state index in [1.165, 1.54) is 7.11 Å². The van der Waals surface area contributed by atoms with Crippen LogP contribution in [0.25, 0.3) is 0 Å². The van der Waals surface area contributed by atoms with Crippen LogP contribution in [-0.4, -0.2) is 37.7 Å². The lowest BCUT2D eigenvalue weighted by Crippen LogP contribution is -2.43. The summed E-state index contributed by atoms with van der Waals surface area (Å²) in [6.07, 6.45) is 2.39. The van der Waals surface area contributed by atoms with Crippen LogP contribution >= 0.6 is 22.6 Å². The number of unbranched alkanes of at least 4 members (excludes halogenated alkanes) is 2. The Morgan fingerprint density at radius 3 is 2.34 bits per heavy atom. The van der Waals surface area contributed by atoms with Crippen LogP contribution < -0.4 is 10.6 Å². The number of carbonyl (C=O) groups is 3. The number of hydrogen-bond donors (Lipinski definition) is 2. The van der Waals surface area contributed by atoms with Gasteiger partial charge in [0, 0.05) is 23.0 Å². The summed E-state index contributed by atoms with van der Waals surface area (Å²) in [5.41, 5.74) is 1.88. The molecule has 0 spiro atoms. The molecule has 0 saturated carbocycles. The second kappa shape index (κ2) is 14.4. The van der Waals surface area contributed by atoms with Gasteiger partial charge in [0.1, 0.15) is 12.6 Å². The molecule has 0 fully saturated rings. The van der Waals surface area contributed by atoms with Crippen LogP contribution in [0.2, 0.25) is 0 Å². The minimum absolute atomic E-state index is 0.193. The standard InChI is InChI=1S/C24H29IN2O5/c1-31-23(29)21(16-18-11-13-20(25)14-12-18)27-22(28)10-6-3-7-15-26-24(30)32-17-19-8-4-2-5-9-19/h2,4-5,8-9,11-14,21H,3,6-7,10,15-17H2,1H3,(H,26,30)(H,27,28)/t21-/m0/s1. The molecule has 0 aliphatic rings. The fraction of sp³-hybridized carbons (Fsp3) is 0.375. The normalized spacial score (nSPS) is 11.3. The first kappa shape index (κ1) is 25.6. The SMILES string of the molecule is COC(=O)[C@H](Cc1ccc(I)cc1)NC(=O)CCCCCNC(=O)OCc1ccccc1. The number of rotatable bonds is 12. The Morgan fingerprint density at radius 2 is 1.66 bits per heavy atom. The van der Waals surface area contributed by atoms with Crippen LogP contribution in [0.3, 0.4) is 0 Å². The van der Waals surface area contributed by atoms with Crippen molar-refractivity contribution in [2.45, 2.75) is 44.8 Å². The van der Waals surface area contributed by atoms with Crippen molar-refractivity contribution >= 4 is 40.6 Å². The van der Waals surface area contributed by atoms with Gasteiger partial charge in [0.05, 0.1) is 7.11 Å². The van der Waals surface area contributed by atoms with Crippen LogP contribution in [0.1, 0.15) is 36.8 Å². The molecule has 0 saturated heterocycles. The number of halogens is 1. The number of nitrogens with one attached hydrogen (secondary N) is 2. The molecule has 2 amide bonds. The van der Waals surface area contributed by atoms with Gasteiger partial charge in [-0.3, -0.25) is 4.79 Å². The number of hydrogen-bond acceptors (Lipinski definition) is 5. The Kier molecular flexibility index (Phi) is 11.6. The van der Waals surface area contributed by atoms with Crippen LogP contribution in [-0.2, 0) is 32.1 Å². The average Bonchev–Trinajstić information content (AvgIpc) is 2.81. The maximum Gasteiger partial charge on any atom is 0.407 e. The van der Waals surface area contributed by atoms with Gasteiger partial charge < -0.3 is 20.1 Å². The summed E-state index contributed by atoms with van der Waals surface area (Å²) < 4.78 is 11.1. The topological polar surface area (TPSA) is 93.7 Å². The number of amides is 2. The van der Waals surface area contributed by atoms with E-state index in [2.05, 4.69) is 33.2 Å². The van der Waals surface area contributed by atoms with E-state index in [4.69, 9.17) is 9.47 Å². The first-order valence-electron chi connectivity index (χ1n) is 10.5. The Bertz CT molecular complexity index is 858. The molecule has 32 heavy (non-hydrogen) atoms. The zero-order chi connectivity index (χ0) is 23.2. The lowest BCUT2D eigenvalue weighted by Gasteiger charge is -2.16. The monoisotopic (exact) mass is 552 g/mol. The van der Waals surface area contributed by atoms with Gasteiger partial charge >= 0.3 is 12.1 Å². The van der Waals surface area contributed by atoms with Gasteiger partial charge in [-0.15, -0.1) is 0 Å². The smallest absolute Gasteiger partial charge is 0.407 e. The summed E-state index contributed by atoms with van der Waals surface area (Å²) >= 11 is 2.21. The molecule has 2 aromatic rings. The quantitative estimate of drug-likeness (QED) is 0.236. The highest BCUT2D eigenvalue weighted by molar-refractivity contribution is 14.1. The predicted molar refractivity (Wildman–Crippen MR) is 130 cm³/mol. The maximum atomic E-state index is 12.3. The number of esters is 1. The van der Waals surface area contributed by atoms with E-state index in [0.717, 1.165) is 27.5 Å². The fourth-order valence-corrected chi connectivity index (χ4v) is 3.37. The van der Waals surface area contributed by atoms with Gasteiger partial charge in [0.2, 0.25) is 5.91 Å². The van der Waals surface area contributed by atoms with Gasteiger partial charge in [-0.25, -0.2) is 9.59 Å². The number of benzene rings is 2. The zero-order valence-corrected chi connectivity index (χ0v) is 20.3. The molecular weight excluding hydrogens is 523 g/mol. The second-order valence-corrected chi connectivity index (χ2v) is 8.52. The molecule has 0 unspecified atom stereocenters. The third-order valence-electron chi connectivity index (χ3n) is 4.74. The van der Waals surface area contributed by atoms with E-state index >= 15 is 0 Å². The highest BCUT2D eigenvalue weighted by Gasteiger charge is 2.21. The number of methoxy groups -OCH3 is 1. The van der Waals surface area contributed by atoms with Crippen molar-refractivity contribution in [3.63, 3.8) is 0 Å². The van der Waals surface area contributed by atoms with Gasteiger partial charge in [-0.1, -0.05) is 48.9 Å². The van der Waals surface area contributed by atoms with E-state index in [1.807, 2.05) is 54.6 Å². The minimum Gasteiger partial charge on any atom is -0.467 e. The van der Waals surface area contributed by atoms with Crippen molar-refractivity contribution in [2.24, 2.45) is 0 Å². The molecule has 2 N–H and O–H groups in total. The summed E-state index contributed by atoms with van der Waals surface area (Å²) in [6, 6.07) is 16.5. The molecule has 2 aromatic carbocycles. The summed E-state index contributed by atoms with van der Waals surface area (Å²) in [5.74, 6) is -0.656. The van der Waals surface area contributed by atoms with Gasteiger partial charge in [-0.05, 0) is 58.7 Å². The zero-order valence-electron chi connectivity index (χ0n) is 18.1. The Hall–Kier alpha value is -2.62. The largest absolute Gasteiger partial charge is 0.467 e. The third-order valence-corrected chi connectivity index (χ3v) is 5.46. The molecule has 0 aliphatic heterocycles. The molecule has 8 heteroatoms. The van der Waals surface area contributed by atoms with E-state index in [9.17, 15) is 14.4 Å². The first-order valence-corrected chi connectivity index (χ1v) is 11.6. The van der Waals surface area contributed by atoms with Gasteiger partial charge in [0.15, 0.2) is 0 Å². The molecule has 0 bridgehead atoms. The number of carbonyl (C=O) groups excluding carboxylic acids is 3. The predicted octanol–water partition coefficient (Wildman–Crippen LogP) is 3.98. The minimum atomic E-state index is -0.714. The number of alkyl carbamates (subject to hydrolysis) is 1. The van der Waals surface area contributed by atoms with Crippen molar-refractivity contribution in [1.82, 2.24) is 10.6 Å². The van der Waals surface area contributed by atoms with Crippen molar-refractivity contribution in [2.75, 3.05) is 13.7 Å². The summed E-state index contributed by atoms with van der Waals surface area (Å²) in [7, 11) is 1.31. The third kappa shape index (κ3) is 10.1. The van der Waals surface area contributed by atoms with Crippen molar-refractivity contribution < 1.29 is 23.9 Å². The molecule has 172 valence electrons. The highest BCUT2D eigenvalue weighted by Crippen LogP contribution is 2.10. The fourth-order valence-electron chi connectivity index (χ4n) is 3.01. The van der Waals surface area contributed by atoms with Crippen molar-refractivity contribution in [3.05, 3.63) is 69.3 Å². The van der Waals surface area contributed by atoms with Crippen LogP contribution in [0.15, 0.2) is 54.6 Å². The second-order valence-electron chi connectivity index (χ2n) is 7.27. The van der Waals surface area contributed by atoms with E-state index in [1.54, 1.807) is 0 Å². The molecule has 2 rings (SSSR count). The lowest BCUT2D eigenvalue weighted by molar-refractivity contribution is -0.145. The molecule has 1 atom stereocenters. The van der Waals surface area contributed by atoms with Crippen LogP contribution in [0, 0.1) is 3.57 Å². The van der Waals surface area contributed by atoms with E-state index in [-0.39, 0.29) is 12.5 Å².